The highest BCUT2D eigenvalue weighted by Gasteiger charge is 2.17. The van der Waals surface area contributed by atoms with Gasteiger partial charge in [-0.15, -0.1) is 0 Å². The number of aromatic amines is 1. The number of nitrogens with two attached hydrogens (primary N) is 1. The molecule has 0 radical (unpaired) electrons. The first kappa shape index (κ1) is 16.3. The van der Waals surface area contributed by atoms with E-state index in [0.717, 1.165) is 27.3 Å². The molecule has 4 aromatic rings. The summed E-state index contributed by atoms with van der Waals surface area (Å²) in [6.45, 7) is 1.91. The lowest BCUT2D eigenvalue weighted by Crippen LogP contribution is -2.11. The minimum absolute atomic E-state index is 0.283. The Kier molecular flexibility index (Phi) is 3.55. The quantitative estimate of drug-likeness (QED) is 0.572. The van der Waals surface area contributed by atoms with Gasteiger partial charge in [-0.2, -0.15) is 9.19 Å². The number of H-pyrrole nitrogens is 1. The second-order valence-electron chi connectivity index (χ2n) is 6.03. The molecule has 0 aliphatic heterocycles. The number of rotatable bonds is 3. The summed E-state index contributed by atoms with van der Waals surface area (Å²) in [7, 11) is -3.46. The Labute approximate surface area is 149 Å². The van der Waals surface area contributed by atoms with Gasteiger partial charge in [-0.25, -0.2) is 13.4 Å². The molecule has 26 heavy (non-hydrogen) atoms. The van der Waals surface area contributed by atoms with Gasteiger partial charge in [-0.1, -0.05) is 12.1 Å². The Balaban J connectivity index is 1.89. The van der Waals surface area contributed by atoms with Gasteiger partial charge in [0.05, 0.1) is 35.1 Å². The number of nitrogen functional groups attached to an aromatic ring is 1. The number of imidazole rings is 1. The Morgan fingerprint density at radius 1 is 1.15 bits per heavy atom. The molecule has 0 saturated heterocycles. The normalized spacial score (nSPS) is 11.9. The van der Waals surface area contributed by atoms with Gasteiger partial charge in [0, 0.05) is 16.6 Å². The van der Waals surface area contributed by atoms with E-state index in [-0.39, 0.29) is 5.95 Å². The summed E-state index contributed by atoms with van der Waals surface area (Å²) in [5, 5.41) is 4.65. The number of hydrogen-bond donors (Lipinski definition) is 2. The average Bonchev–Trinajstić information content (AvgIpc) is 3.17. The van der Waals surface area contributed by atoms with Crippen molar-refractivity contribution in [3.05, 3.63) is 48.3 Å². The number of pyridine rings is 1. The Morgan fingerprint density at radius 3 is 2.69 bits per heavy atom. The van der Waals surface area contributed by atoms with Gasteiger partial charge in [0.15, 0.2) is 5.95 Å². The molecule has 8 nitrogen and oxygen atoms in total. The topological polar surface area (TPSA) is 120 Å². The minimum atomic E-state index is -3.46. The van der Waals surface area contributed by atoms with Crippen LogP contribution in [0.2, 0.25) is 0 Å². The lowest BCUT2D eigenvalue weighted by atomic mass is 10.1. The molecule has 1 aromatic carbocycles. The summed E-state index contributed by atoms with van der Waals surface area (Å²) in [6, 6.07) is 11.0. The molecule has 0 spiro atoms. The van der Waals surface area contributed by atoms with Crippen LogP contribution in [0.15, 0.2) is 42.6 Å². The third kappa shape index (κ3) is 2.72. The first-order chi connectivity index (χ1) is 12.3. The summed E-state index contributed by atoms with van der Waals surface area (Å²) < 4.78 is 24.6. The van der Waals surface area contributed by atoms with E-state index in [1.54, 1.807) is 12.1 Å². The number of fused-ring (bicyclic) bond motifs is 1. The van der Waals surface area contributed by atoms with Crippen molar-refractivity contribution in [2.24, 2.45) is 0 Å². The van der Waals surface area contributed by atoms with Crippen molar-refractivity contribution in [2.75, 3.05) is 12.0 Å². The average molecular weight is 368 g/mol. The number of nitrogens with one attached hydrogen (secondary N) is 1. The Hall–Kier alpha value is -3.20. The van der Waals surface area contributed by atoms with E-state index >= 15 is 0 Å². The highest BCUT2D eigenvalue weighted by molar-refractivity contribution is 7.89. The SMILES string of the molecule is Cc1cccc(-c2[nH]c(N)nc2-c2ccc3c(cnn3S(C)(=O)=O)c2)n1. The molecule has 0 aliphatic carbocycles. The van der Waals surface area contributed by atoms with Gasteiger partial charge in [-0.05, 0) is 31.2 Å². The van der Waals surface area contributed by atoms with Gasteiger partial charge in [0.1, 0.15) is 0 Å². The molecule has 4 rings (SSSR count). The molecule has 0 fully saturated rings. The maximum Gasteiger partial charge on any atom is 0.251 e. The van der Waals surface area contributed by atoms with Crippen LogP contribution in [-0.4, -0.2) is 38.8 Å². The predicted molar refractivity (Wildman–Crippen MR) is 99.9 cm³/mol. The van der Waals surface area contributed by atoms with Crippen LogP contribution in [0.4, 0.5) is 5.95 Å². The van der Waals surface area contributed by atoms with Crippen molar-refractivity contribution in [3.8, 4) is 22.6 Å². The van der Waals surface area contributed by atoms with Gasteiger partial charge < -0.3 is 10.7 Å². The molecule has 0 atom stereocenters. The molecule has 3 aromatic heterocycles. The van der Waals surface area contributed by atoms with Crippen LogP contribution in [-0.2, 0) is 10.0 Å². The van der Waals surface area contributed by atoms with E-state index in [2.05, 4.69) is 20.1 Å². The van der Waals surface area contributed by atoms with Crippen LogP contribution < -0.4 is 5.73 Å². The third-order valence-electron chi connectivity index (χ3n) is 3.99. The van der Waals surface area contributed by atoms with Crippen molar-refractivity contribution >= 4 is 26.9 Å². The van der Waals surface area contributed by atoms with E-state index < -0.39 is 10.0 Å². The summed E-state index contributed by atoms with van der Waals surface area (Å²) in [4.78, 5) is 12.0. The lowest BCUT2D eigenvalue weighted by Gasteiger charge is -2.04. The van der Waals surface area contributed by atoms with Gasteiger partial charge >= 0.3 is 0 Å². The van der Waals surface area contributed by atoms with Crippen LogP contribution in [0, 0.1) is 6.92 Å². The van der Waals surface area contributed by atoms with E-state index in [9.17, 15) is 8.42 Å². The van der Waals surface area contributed by atoms with Crippen molar-refractivity contribution in [2.45, 2.75) is 6.92 Å². The molecule has 0 saturated carbocycles. The number of anilines is 1. The molecular formula is C17H16N6O2S. The van der Waals surface area contributed by atoms with Crippen LogP contribution in [0.3, 0.4) is 0 Å². The molecule has 132 valence electrons. The lowest BCUT2D eigenvalue weighted by molar-refractivity contribution is 0.588. The number of aryl methyl sites for hydroxylation is 1. The summed E-state index contributed by atoms with van der Waals surface area (Å²) in [5.41, 5.74) is 10.1. The van der Waals surface area contributed by atoms with Crippen molar-refractivity contribution < 1.29 is 8.42 Å². The van der Waals surface area contributed by atoms with Crippen LogP contribution >= 0.6 is 0 Å². The molecule has 0 unspecified atom stereocenters. The standard InChI is InChI=1S/C17H16N6O2S/c1-10-4-3-5-13(20-10)16-15(21-17(18)22-16)11-6-7-14-12(8-11)9-19-23(14)26(2,24)25/h3-9H,1-2H3,(H3,18,21,22). The first-order valence-corrected chi connectivity index (χ1v) is 9.66. The van der Waals surface area contributed by atoms with Gasteiger partial charge in [-0.3, -0.25) is 4.98 Å². The van der Waals surface area contributed by atoms with E-state index in [4.69, 9.17) is 5.73 Å². The molecular weight excluding hydrogens is 352 g/mol. The van der Waals surface area contributed by atoms with E-state index in [1.807, 2.05) is 31.2 Å². The largest absolute Gasteiger partial charge is 0.369 e. The summed E-state index contributed by atoms with van der Waals surface area (Å²) in [5.74, 6) is 0.283. The number of nitrogens with zero attached hydrogens (tertiary/aromatic N) is 4. The van der Waals surface area contributed by atoms with E-state index in [1.165, 1.54) is 6.20 Å². The molecule has 9 heteroatoms. The zero-order chi connectivity index (χ0) is 18.5. The number of aromatic nitrogens is 5. The predicted octanol–water partition coefficient (Wildman–Crippen LogP) is 2.19. The zero-order valence-corrected chi connectivity index (χ0v) is 14.9. The van der Waals surface area contributed by atoms with Crippen LogP contribution in [0.1, 0.15) is 5.69 Å². The smallest absolute Gasteiger partial charge is 0.251 e. The highest BCUT2D eigenvalue weighted by atomic mass is 32.2. The molecule has 0 bridgehead atoms. The zero-order valence-electron chi connectivity index (χ0n) is 14.1. The van der Waals surface area contributed by atoms with E-state index in [0.29, 0.717) is 22.3 Å². The van der Waals surface area contributed by atoms with Crippen molar-refractivity contribution in [1.29, 1.82) is 0 Å². The first-order valence-electron chi connectivity index (χ1n) is 7.81. The number of hydrogen-bond acceptors (Lipinski definition) is 6. The maximum absolute atomic E-state index is 11.8. The molecule has 3 N–H and O–H groups in total. The molecule has 0 aliphatic rings. The highest BCUT2D eigenvalue weighted by Crippen LogP contribution is 2.32. The second kappa shape index (κ2) is 5.67. The van der Waals surface area contributed by atoms with Crippen LogP contribution in [0.25, 0.3) is 33.5 Å². The van der Waals surface area contributed by atoms with Crippen LogP contribution in [0.5, 0.6) is 0 Å². The van der Waals surface area contributed by atoms with Gasteiger partial charge in [0.2, 0.25) is 0 Å². The fourth-order valence-electron chi connectivity index (χ4n) is 2.89. The monoisotopic (exact) mass is 368 g/mol. The summed E-state index contributed by atoms with van der Waals surface area (Å²) >= 11 is 0. The Morgan fingerprint density at radius 2 is 1.96 bits per heavy atom. The minimum Gasteiger partial charge on any atom is -0.369 e. The van der Waals surface area contributed by atoms with Crippen molar-refractivity contribution in [3.63, 3.8) is 0 Å². The maximum atomic E-state index is 11.8. The fourth-order valence-corrected chi connectivity index (χ4v) is 3.63. The molecule has 0 amide bonds. The summed E-state index contributed by atoms with van der Waals surface area (Å²) in [6.07, 6.45) is 2.63. The second-order valence-corrected chi connectivity index (χ2v) is 7.85. The molecule has 3 heterocycles. The Bertz CT molecular complexity index is 1240. The van der Waals surface area contributed by atoms with Crippen molar-refractivity contribution in [1.82, 2.24) is 24.1 Å². The number of benzene rings is 1. The van der Waals surface area contributed by atoms with Gasteiger partial charge in [0.25, 0.3) is 10.0 Å². The fraction of sp³-hybridized carbons (Fsp3) is 0.118. The third-order valence-corrected chi connectivity index (χ3v) is 4.91.